The van der Waals surface area contributed by atoms with Gasteiger partial charge in [-0.2, -0.15) is 0 Å². The van der Waals surface area contributed by atoms with Gasteiger partial charge in [0.2, 0.25) is 0 Å². The molecule has 80 valence electrons. The van der Waals surface area contributed by atoms with Crippen molar-refractivity contribution in [3.8, 4) is 0 Å². The van der Waals surface area contributed by atoms with Crippen LogP contribution < -0.4 is 5.32 Å². The maximum absolute atomic E-state index is 4.99. The molecule has 0 bridgehead atoms. The Bertz CT molecular complexity index is 424. The molecule has 0 aliphatic carbocycles. The van der Waals surface area contributed by atoms with Crippen LogP contribution in [0.15, 0.2) is 30.6 Å². The van der Waals surface area contributed by atoms with E-state index < -0.39 is 0 Å². The molecule has 2 aromatic rings. The van der Waals surface area contributed by atoms with Crippen molar-refractivity contribution in [2.24, 2.45) is 0 Å². The number of rotatable bonds is 5. The van der Waals surface area contributed by atoms with Crippen molar-refractivity contribution in [2.75, 3.05) is 25.6 Å². The van der Waals surface area contributed by atoms with Crippen molar-refractivity contribution in [1.82, 2.24) is 9.38 Å². The normalized spacial score (nSPS) is 10.7. The molecular weight excluding hydrogens is 190 g/mol. The molecule has 15 heavy (non-hydrogen) atoms. The van der Waals surface area contributed by atoms with Crippen LogP contribution in [-0.2, 0) is 4.74 Å². The monoisotopic (exact) mass is 205 g/mol. The lowest BCUT2D eigenvalue weighted by atomic mass is 10.4. The molecule has 0 atom stereocenters. The lowest BCUT2D eigenvalue weighted by Crippen LogP contribution is -2.07. The second-order valence-electron chi connectivity index (χ2n) is 3.34. The zero-order valence-electron chi connectivity index (χ0n) is 8.81. The highest BCUT2D eigenvalue weighted by molar-refractivity contribution is 5.49. The van der Waals surface area contributed by atoms with Crippen molar-refractivity contribution in [3.05, 3.63) is 30.6 Å². The number of methoxy groups -OCH3 is 1. The van der Waals surface area contributed by atoms with Crippen LogP contribution in [0, 0.1) is 0 Å². The minimum absolute atomic E-state index is 0.785. The summed E-state index contributed by atoms with van der Waals surface area (Å²) >= 11 is 0. The first kappa shape index (κ1) is 9.98. The summed E-state index contributed by atoms with van der Waals surface area (Å²) in [5.74, 6) is 1.07. The van der Waals surface area contributed by atoms with E-state index in [1.807, 2.05) is 28.8 Å². The number of ether oxygens (including phenoxy) is 1. The molecule has 0 saturated carbocycles. The van der Waals surface area contributed by atoms with Crippen molar-refractivity contribution in [2.45, 2.75) is 6.42 Å². The minimum Gasteiger partial charge on any atom is -0.385 e. The zero-order valence-corrected chi connectivity index (χ0v) is 8.81. The van der Waals surface area contributed by atoms with Crippen LogP contribution in [0.5, 0.6) is 0 Å². The van der Waals surface area contributed by atoms with Gasteiger partial charge in [-0.25, -0.2) is 4.98 Å². The highest BCUT2D eigenvalue weighted by atomic mass is 16.5. The summed E-state index contributed by atoms with van der Waals surface area (Å²) in [6.45, 7) is 1.69. The fraction of sp³-hybridized carbons (Fsp3) is 0.364. The summed E-state index contributed by atoms with van der Waals surface area (Å²) in [6, 6.07) is 6.03. The van der Waals surface area contributed by atoms with E-state index in [9.17, 15) is 0 Å². The summed E-state index contributed by atoms with van der Waals surface area (Å²) in [4.78, 5) is 4.22. The summed E-state index contributed by atoms with van der Waals surface area (Å²) in [6.07, 6.45) is 4.76. The highest BCUT2D eigenvalue weighted by Gasteiger charge is 1.98. The molecule has 1 N–H and O–H groups in total. The molecule has 0 spiro atoms. The molecule has 0 aliphatic rings. The topological polar surface area (TPSA) is 38.6 Å². The first-order valence-electron chi connectivity index (χ1n) is 5.07. The van der Waals surface area contributed by atoms with Gasteiger partial charge in [-0.1, -0.05) is 6.07 Å². The second-order valence-corrected chi connectivity index (χ2v) is 3.34. The van der Waals surface area contributed by atoms with Crippen LogP contribution in [0.3, 0.4) is 0 Å². The number of anilines is 1. The summed E-state index contributed by atoms with van der Waals surface area (Å²) in [7, 11) is 1.72. The number of pyridine rings is 1. The Labute approximate surface area is 88.9 Å². The summed E-state index contributed by atoms with van der Waals surface area (Å²) < 4.78 is 7.03. The van der Waals surface area contributed by atoms with Gasteiger partial charge in [0.15, 0.2) is 0 Å². The van der Waals surface area contributed by atoms with Gasteiger partial charge in [0, 0.05) is 32.7 Å². The maximum atomic E-state index is 4.99. The number of fused-ring (bicyclic) bond motifs is 1. The molecule has 0 radical (unpaired) electrons. The molecule has 0 saturated heterocycles. The zero-order chi connectivity index (χ0) is 10.5. The molecule has 4 nitrogen and oxygen atoms in total. The fourth-order valence-electron chi connectivity index (χ4n) is 1.52. The number of hydrogen-bond donors (Lipinski definition) is 1. The van der Waals surface area contributed by atoms with Crippen LogP contribution in [0.4, 0.5) is 5.82 Å². The molecule has 2 heterocycles. The van der Waals surface area contributed by atoms with Gasteiger partial charge in [-0.05, 0) is 18.6 Å². The lowest BCUT2D eigenvalue weighted by molar-refractivity contribution is 0.197. The highest BCUT2D eigenvalue weighted by Crippen LogP contribution is 2.10. The van der Waals surface area contributed by atoms with Crippen molar-refractivity contribution >= 4 is 11.5 Å². The molecule has 0 unspecified atom stereocenters. The van der Waals surface area contributed by atoms with E-state index in [0.717, 1.165) is 31.0 Å². The van der Waals surface area contributed by atoms with Crippen molar-refractivity contribution in [1.29, 1.82) is 0 Å². The summed E-state index contributed by atoms with van der Waals surface area (Å²) in [5.41, 5.74) is 0.965. The Morgan fingerprint density at radius 1 is 1.47 bits per heavy atom. The number of nitrogens with one attached hydrogen (secondary N) is 1. The Morgan fingerprint density at radius 2 is 2.40 bits per heavy atom. The quantitative estimate of drug-likeness (QED) is 0.756. The molecule has 0 amide bonds. The van der Waals surface area contributed by atoms with Crippen molar-refractivity contribution in [3.63, 3.8) is 0 Å². The second kappa shape index (κ2) is 4.79. The molecular formula is C11H15N3O. The largest absolute Gasteiger partial charge is 0.385 e. The average Bonchev–Trinajstić information content (AvgIpc) is 2.73. The Morgan fingerprint density at radius 3 is 3.27 bits per heavy atom. The number of nitrogens with zero attached hydrogens (tertiary/aromatic N) is 2. The smallest absolute Gasteiger partial charge is 0.138 e. The first-order valence-corrected chi connectivity index (χ1v) is 5.07. The van der Waals surface area contributed by atoms with Crippen LogP contribution in [0.2, 0.25) is 0 Å². The van der Waals surface area contributed by atoms with E-state index in [-0.39, 0.29) is 0 Å². The molecule has 4 heteroatoms. The van der Waals surface area contributed by atoms with E-state index in [1.54, 1.807) is 13.3 Å². The van der Waals surface area contributed by atoms with Gasteiger partial charge in [-0.3, -0.25) is 4.40 Å². The van der Waals surface area contributed by atoms with E-state index >= 15 is 0 Å². The summed E-state index contributed by atoms with van der Waals surface area (Å²) in [5, 5.41) is 3.35. The Kier molecular flexibility index (Phi) is 3.19. The number of imidazole rings is 1. The van der Waals surface area contributed by atoms with Gasteiger partial charge in [-0.15, -0.1) is 0 Å². The third-order valence-corrected chi connectivity index (χ3v) is 2.26. The van der Waals surface area contributed by atoms with Crippen LogP contribution in [-0.4, -0.2) is 29.6 Å². The SMILES string of the molecule is COCCCNc1cccc2nccn12. The third kappa shape index (κ3) is 2.27. The van der Waals surface area contributed by atoms with Gasteiger partial charge in [0.25, 0.3) is 0 Å². The third-order valence-electron chi connectivity index (χ3n) is 2.26. The van der Waals surface area contributed by atoms with E-state index in [0.29, 0.717) is 0 Å². The molecule has 0 aliphatic heterocycles. The van der Waals surface area contributed by atoms with Gasteiger partial charge >= 0.3 is 0 Å². The molecule has 0 fully saturated rings. The fourth-order valence-corrected chi connectivity index (χ4v) is 1.52. The van der Waals surface area contributed by atoms with E-state index in [4.69, 9.17) is 4.74 Å². The minimum atomic E-state index is 0.785. The lowest BCUT2D eigenvalue weighted by Gasteiger charge is -2.08. The van der Waals surface area contributed by atoms with Crippen LogP contribution in [0.25, 0.3) is 5.65 Å². The van der Waals surface area contributed by atoms with Gasteiger partial charge in [0.05, 0.1) is 0 Å². The first-order chi connectivity index (χ1) is 7.42. The Hall–Kier alpha value is -1.55. The molecule has 2 rings (SSSR count). The number of aromatic nitrogens is 2. The average molecular weight is 205 g/mol. The van der Waals surface area contributed by atoms with E-state index in [1.165, 1.54) is 0 Å². The maximum Gasteiger partial charge on any atom is 0.138 e. The Balaban J connectivity index is 2.04. The van der Waals surface area contributed by atoms with Crippen LogP contribution in [0.1, 0.15) is 6.42 Å². The number of hydrogen-bond acceptors (Lipinski definition) is 3. The van der Waals surface area contributed by atoms with Crippen LogP contribution >= 0.6 is 0 Å². The predicted octanol–water partition coefficient (Wildman–Crippen LogP) is 1.78. The van der Waals surface area contributed by atoms with Gasteiger partial charge < -0.3 is 10.1 Å². The standard InChI is InChI=1S/C11H15N3O/c1-15-9-3-6-12-10-4-2-5-11-13-7-8-14(10)11/h2,4-5,7-8,12H,3,6,9H2,1H3. The van der Waals surface area contributed by atoms with E-state index in [2.05, 4.69) is 10.3 Å². The van der Waals surface area contributed by atoms with Gasteiger partial charge in [0.1, 0.15) is 11.5 Å². The van der Waals surface area contributed by atoms with Crippen molar-refractivity contribution < 1.29 is 4.74 Å². The predicted molar refractivity (Wildman–Crippen MR) is 60.2 cm³/mol. The molecule has 0 aromatic carbocycles. The molecule has 2 aromatic heterocycles.